The van der Waals surface area contributed by atoms with Crippen molar-refractivity contribution in [3.05, 3.63) is 112 Å². The predicted octanol–water partition coefficient (Wildman–Crippen LogP) is 6.86. The maximum atomic E-state index is 6.60. The molecule has 0 N–H and O–H groups in total. The van der Waals surface area contributed by atoms with Crippen LogP contribution < -0.4 is 0 Å². The van der Waals surface area contributed by atoms with Crippen LogP contribution in [0, 0.1) is 0 Å². The molecule has 0 fully saturated rings. The minimum absolute atomic E-state index is 0.133. The monoisotopic (exact) mass is 382 g/mol. The molecule has 0 aliphatic rings. The molecule has 0 radical (unpaired) electrons. The number of hydrogen-bond donors (Lipinski definition) is 0. The fourth-order valence-corrected chi connectivity index (χ4v) is 3.07. The lowest BCUT2D eigenvalue weighted by molar-refractivity contribution is 1.03. The second kappa shape index (κ2) is 7.63. The Balaban J connectivity index is 2.02. The smallest absolute Gasteiger partial charge is 0.0448 e. The fourth-order valence-electron chi connectivity index (χ4n) is 2.56. The zero-order valence-electron chi connectivity index (χ0n) is 12.5. The Kier molecular flexibility index (Phi) is 5.32. The van der Waals surface area contributed by atoms with Crippen LogP contribution in [0.25, 0.3) is 5.03 Å². The van der Waals surface area contributed by atoms with Crippen molar-refractivity contribution < 1.29 is 0 Å². The van der Waals surface area contributed by atoms with Gasteiger partial charge in [-0.05, 0) is 28.8 Å². The summed E-state index contributed by atoms with van der Waals surface area (Å²) in [6.45, 7) is 0. The van der Waals surface area contributed by atoms with Crippen LogP contribution in [0.3, 0.4) is 0 Å². The van der Waals surface area contributed by atoms with Gasteiger partial charge in [0.25, 0.3) is 0 Å². The molecule has 2 heteroatoms. The Morgan fingerprint density at radius 3 is 1.70 bits per heavy atom. The third kappa shape index (κ3) is 4.13. The molecule has 0 heterocycles. The molecule has 0 saturated carbocycles. The summed E-state index contributed by atoms with van der Waals surface area (Å²) in [5.74, 6) is 0.133. The minimum atomic E-state index is 0.133. The molecule has 0 amide bonds. The Hall–Kier alpha value is -1.83. The Morgan fingerprint density at radius 1 is 0.739 bits per heavy atom. The highest BCUT2D eigenvalue weighted by molar-refractivity contribution is 9.10. The first-order valence-corrected chi connectivity index (χ1v) is 8.64. The van der Waals surface area contributed by atoms with Crippen LogP contribution in [0.5, 0.6) is 0 Å². The van der Waals surface area contributed by atoms with Crippen LogP contribution in [0.1, 0.15) is 22.6 Å². The molecule has 0 unspecified atom stereocenters. The quantitative estimate of drug-likeness (QED) is 0.461. The summed E-state index contributed by atoms with van der Waals surface area (Å²) >= 11 is 10.1. The Bertz CT molecular complexity index is 738. The van der Waals surface area contributed by atoms with E-state index in [0.29, 0.717) is 0 Å². The van der Waals surface area contributed by atoms with Crippen molar-refractivity contribution in [3.63, 3.8) is 0 Å². The lowest BCUT2D eigenvalue weighted by Crippen LogP contribution is -1.98. The summed E-state index contributed by atoms with van der Waals surface area (Å²) in [5, 5.41) is 0.759. The summed E-state index contributed by atoms with van der Waals surface area (Å²) in [6.07, 6.45) is 2.12. The van der Waals surface area contributed by atoms with Gasteiger partial charge in [-0.25, -0.2) is 0 Å². The van der Waals surface area contributed by atoms with E-state index < -0.39 is 0 Å². The van der Waals surface area contributed by atoms with E-state index >= 15 is 0 Å². The molecule has 0 aliphatic carbocycles. The van der Waals surface area contributed by atoms with Gasteiger partial charge in [0, 0.05) is 15.4 Å². The number of rotatable bonds is 4. The average molecular weight is 384 g/mol. The van der Waals surface area contributed by atoms with E-state index in [2.05, 4.69) is 70.5 Å². The molecule has 0 nitrogen and oxygen atoms in total. The van der Waals surface area contributed by atoms with E-state index in [9.17, 15) is 0 Å². The maximum absolute atomic E-state index is 6.60. The third-order valence-corrected chi connectivity index (χ3v) is 4.62. The normalized spacial score (nSPS) is 11.7. The van der Waals surface area contributed by atoms with Crippen LogP contribution in [0.15, 0.2) is 95.5 Å². The molecule has 3 aromatic carbocycles. The van der Waals surface area contributed by atoms with Gasteiger partial charge in [-0.15, -0.1) is 0 Å². The van der Waals surface area contributed by atoms with Crippen molar-refractivity contribution in [3.8, 4) is 0 Å². The molecule has 3 aromatic rings. The van der Waals surface area contributed by atoms with Crippen LogP contribution in [-0.2, 0) is 0 Å². The Labute approximate surface area is 150 Å². The van der Waals surface area contributed by atoms with Crippen LogP contribution >= 0.6 is 27.5 Å². The highest BCUT2D eigenvalue weighted by Gasteiger charge is 2.12. The van der Waals surface area contributed by atoms with Gasteiger partial charge < -0.3 is 0 Å². The van der Waals surface area contributed by atoms with E-state index in [1.54, 1.807) is 0 Å². The molecule has 0 aromatic heterocycles. The van der Waals surface area contributed by atoms with Crippen LogP contribution in [-0.4, -0.2) is 0 Å². The molecule has 114 valence electrons. The predicted molar refractivity (Wildman–Crippen MR) is 103 cm³/mol. The summed E-state index contributed by atoms with van der Waals surface area (Å²) < 4.78 is 1.05. The zero-order chi connectivity index (χ0) is 16.1. The van der Waals surface area contributed by atoms with Gasteiger partial charge in [-0.2, -0.15) is 0 Å². The van der Waals surface area contributed by atoms with Crippen molar-refractivity contribution in [1.82, 2.24) is 0 Å². The summed E-state index contributed by atoms with van der Waals surface area (Å²) in [7, 11) is 0. The molecule has 0 spiro atoms. The lowest BCUT2D eigenvalue weighted by atomic mass is 9.90. The van der Waals surface area contributed by atoms with E-state index in [-0.39, 0.29) is 5.92 Å². The first-order valence-electron chi connectivity index (χ1n) is 7.47. The molecule has 3 rings (SSSR count). The largest absolute Gasteiger partial charge is 0.0840 e. The van der Waals surface area contributed by atoms with Gasteiger partial charge in [-0.1, -0.05) is 106 Å². The SMILES string of the molecule is Cl/C(=C/C(c1ccccc1)c1ccccc1)c1ccc(Br)cc1. The van der Waals surface area contributed by atoms with Gasteiger partial charge in [0.05, 0.1) is 0 Å². The fraction of sp³-hybridized carbons (Fsp3) is 0.0476. The van der Waals surface area contributed by atoms with Gasteiger partial charge in [0.2, 0.25) is 0 Å². The molecule has 0 bridgehead atoms. The summed E-state index contributed by atoms with van der Waals surface area (Å²) in [4.78, 5) is 0. The minimum Gasteiger partial charge on any atom is -0.0840 e. The third-order valence-electron chi connectivity index (χ3n) is 3.75. The highest BCUT2D eigenvalue weighted by Crippen LogP contribution is 2.31. The summed E-state index contributed by atoms with van der Waals surface area (Å²) in [6, 6.07) is 28.9. The second-order valence-electron chi connectivity index (χ2n) is 5.32. The van der Waals surface area contributed by atoms with Crippen molar-refractivity contribution in [1.29, 1.82) is 0 Å². The van der Waals surface area contributed by atoms with Crippen molar-refractivity contribution in [2.45, 2.75) is 5.92 Å². The van der Waals surface area contributed by atoms with E-state index in [4.69, 9.17) is 11.6 Å². The number of allylic oxidation sites excluding steroid dienone is 1. The molecule has 0 aliphatic heterocycles. The standard InChI is InChI=1S/C21H16BrCl/c22-19-13-11-18(12-14-19)21(23)15-20(16-7-3-1-4-8-16)17-9-5-2-6-10-17/h1-15,20H/b21-15+. The van der Waals surface area contributed by atoms with E-state index in [1.807, 2.05) is 36.4 Å². The van der Waals surface area contributed by atoms with Gasteiger partial charge in [-0.3, -0.25) is 0 Å². The first-order chi connectivity index (χ1) is 11.2. The van der Waals surface area contributed by atoms with E-state index in [1.165, 1.54) is 11.1 Å². The Morgan fingerprint density at radius 2 is 1.22 bits per heavy atom. The molecule has 0 saturated heterocycles. The first kappa shape index (κ1) is 16.0. The average Bonchev–Trinajstić information content (AvgIpc) is 2.61. The van der Waals surface area contributed by atoms with Crippen molar-refractivity contribution >= 4 is 32.6 Å². The van der Waals surface area contributed by atoms with Crippen molar-refractivity contribution in [2.24, 2.45) is 0 Å². The van der Waals surface area contributed by atoms with Crippen LogP contribution in [0.2, 0.25) is 0 Å². The number of benzene rings is 3. The number of halogens is 2. The summed E-state index contributed by atoms with van der Waals surface area (Å²) in [5.41, 5.74) is 3.48. The van der Waals surface area contributed by atoms with Gasteiger partial charge in [0.15, 0.2) is 0 Å². The van der Waals surface area contributed by atoms with Crippen molar-refractivity contribution in [2.75, 3.05) is 0 Å². The highest BCUT2D eigenvalue weighted by atomic mass is 79.9. The zero-order valence-corrected chi connectivity index (χ0v) is 14.8. The topological polar surface area (TPSA) is 0 Å². The molecular weight excluding hydrogens is 368 g/mol. The van der Waals surface area contributed by atoms with Gasteiger partial charge in [0.1, 0.15) is 0 Å². The molecule has 23 heavy (non-hydrogen) atoms. The number of hydrogen-bond acceptors (Lipinski definition) is 0. The molecule has 0 atom stereocenters. The van der Waals surface area contributed by atoms with Crippen LogP contribution in [0.4, 0.5) is 0 Å². The maximum Gasteiger partial charge on any atom is 0.0448 e. The van der Waals surface area contributed by atoms with Gasteiger partial charge >= 0.3 is 0 Å². The lowest BCUT2D eigenvalue weighted by Gasteiger charge is -2.15. The molecular formula is C21H16BrCl. The van der Waals surface area contributed by atoms with E-state index in [0.717, 1.165) is 15.1 Å². The second-order valence-corrected chi connectivity index (χ2v) is 6.64.